The minimum atomic E-state index is 0. The zero-order valence-electron chi connectivity index (χ0n) is 15.9. The summed E-state index contributed by atoms with van der Waals surface area (Å²) in [5.74, 6) is 0.902. The van der Waals surface area contributed by atoms with Gasteiger partial charge in [-0.25, -0.2) is 0 Å². The maximum Gasteiger partial charge on any atom is 0.194 e. The number of nitrogens with zero attached hydrogens (tertiary/aromatic N) is 4. The van der Waals surface area contributed by atoms with Crippen LogP contribution in [-0.2, 0) is 18.3 Å². The fraction of sp³-hybridized carbons (Fsp3) is 0.474. The van der Waals surface area contributed by atoms with Crippen molar-refractivity contribution < 1.29 is 4.74 Å². The van der Waals surface area contributed by atoms with E-state index in [0.717, 1.165) is 24.7 Å². The second-order valence-corrected chi connectivity index (χ2v) is 6.51. The Balaban J connectivity index is 0.00000243. The quantitative estimate of drug-likeness (QED) is 0.427. The van der Waals surface area contributed by atoms with Crippen LogP contribution in [0.25, 0.3) is 0 Å². The second-order valence-electron chi connectivity index (χ2n) is 6.51. The number of aliphatic imine (C=N–C) groups is 1. The number of benzene rings is 1. The zero-order chi connectivity index (χ0) is 17.8. The van der Waals surface area contributed by atoms with Gasteiger partial charge in [0, 0.05) is 26.8 Å². The fourth-order valence-corrected chi connectivity index (χ4v) is 3.29. The van der Waals surface area contributed by atoms with E-state index < -0.39 is 0 Å². The van der Waals surface area contributed by atoms with Crippen molar-refractivity contribution in [2.75, 3.05) is 26.7 Å². The molecule has 1 saturated heterocycles. The molecule has 0 radical (unpaired) electrons. The van der Waals surface area contributed by atoms with Crippen molar-refractivity contribution in [3.63, 3.8) is 0 Å². The van der Waals surface area contributed by atoms with Gasteiger partial charge in [0.25, 0.3) is 0 Å². The molecule has 1 aromatic carbocycles. The number of aryl methyl sites for hydroxylation is 3. The first-order chi connectivity index (χ1) is 12.1. The highest BCUT2D eigenvalue weighted by Crippen LogP contribution is 2.25. The highest BCUT2D eigenvalue weighted by molar-refractivity contribution is 14.0. The lowest BCUT2D eigenvalue weighted by Gasteiger charge is -2.35. The number of nitrogens with one attached hydrogen (secondary N) is 1. The van der Waals surface area contributed by atoms with Crippen LogP contribution in [0.15, 0.2) is 35.5 Å². The standard InChI is InChI=1S/C19H27N5O.HI/c1-14-5-6-17(15(2)11-14)18-13-24(9-10-25-18)19(20-3)21-12-16-7-8-22-23(16)4;/h5-8,11,18H,9-10,12-13H2,1-4H3,(H,20,21);1H. The van der Waals surface area contributed by atoms with Gasteiger partial charge < -0.3 is 15.0 Å². The summed E-state index contributed by atoms with van der Waals surface area (Å²) in [6.45, 7) is 7.32. The van der Waals surface area contributed by atoms with Crippen LogP contribution in [0.3, 0.4) is 0 Å². The van der Waals surface area contributed by atoms with Crippen molar-refractivity contribution in [2.45, 2.75) is 26.5 Å². The van der Waals surface area contributed by atoms with Crippen LogP contribution in [0.2, 0.25) is 0 Å². The molecule has 0 aliphatic carbocycles. The first-order valence-electron chi connectivity index (χ1n) is 8.69. The van der Waals surface area contributed by atoms with Gasteiger partial charge in [-0.15, -0.1) is 24.0 Å². The lowest BCUT2D eigenvalue weighted by Crippen LogP contribution is -2.48. The molecule has 0 spiro atoms. The molecule has 2 heterocycles. The molecule has 0 saturated carbocycles. The predicted octanol–water partition coefficient (Wildman–Crippen LogP) is 2.80. The Labute approximate surface area is 172 Å². The number of hydrogen-bond donors (Lipinski definition) is 1. The average molecular weight is 469 g/mol. The Morgan fingerprint density at radius 3 is 2.81 bits per heavy atom. The molecule has 1 fully saturated rings. The topological polar surface area (TPSA) is 54.7 Å². The molecule has 3 rings (SSSR count). The highest BCUT2D eigenvalue weighted by Gasteiger charge is 2.25. The van der Waals surface area contributed by atoms with Crippen LogP contribution in [0, 0.1) is 13.8 Å². The fourth-order valence-electron chi connectivity index (χ4n) is 3.29. The van der Waals surface area contributed by atoms with Gasteiger partial charge in [0.15, 0.2) is 5.96 Å². The van der Waals surface area contributed by atoms with E-state index in [-0.39, 0.29) is 30.1 Å². The zero-order valence-corrected chi connectivity index (χ0v) is 18.2. The number of morpholine rings is 1. The van der Waals surface area contributed by atoms with Crippen molar-refractivity contribution in [3.05, 3.63) is 52.8 Å². The molecule has 2 aromatic rings. The van der Waals surface area contributed by atoms with Crippen LogP contribution in [0.4, 0.5) is 0 Å². The van der Waals surface area contributed by atoms with E-state index in [1.165, 1.54) is 16.7 Å². The number of hydrogen-bond acceptors (Lipinski definition) is 3. The number of guanidine groups is 1. The minimum absolute atomic E-state index is 0. The first-order valence-corrected chi connectivity index (χ1v) is 8.69. The van der Waals surface area contributed by atoms with Gasteiger partial charge in [-0.05, 0) is 31.0 Å². The van der Waals surface area contributed by atoms with E-state index in [1.54, 1.807) is 0 Å². The lowest BCUT2D eigenvalue weighted by molar-refractivity contribution is -0.00835. The number of aromatic nitrogens is 2. The summed E-state index contributed by atoms with van der Waals surface area (Å²) < 4.78 is 7.91. The van der Waals surface area contributed by atoms with Crippen molar-refractivity contribution in [1.29, 1.82) is 0 Å². The van der Waals surface area contributed by atoms with Crippen molar-refractivity contribution in [2.24, 2.45) is 12.0 Å². The molecule has 142 valence electrons. The van der Waals surface area contributed by atoms with E-state index in [1.807, 2.05) is 31.0 Å². The molecule has 26 heavy (non-hydrogen) atoms. The van der Waals surface area contributed by atoms with Crippen LogP contribution in [0.1, 0.15) is 28.5 Å². The normalized spacial score (nSPS) is 17.8. The van der Waals surface area contributed by atoms with Crippen molar-refractivity contribution in [3.8, 4) is 0 Å². The Morgan fingerprint density at radius 2 is 2.15 bits per heavy atom. The Kier molecular flexibility index (Phi) is 7.45. The van der Waals surface area contributed by atoms with E-state index in [4.69, 9.17) is 4.74 Å². The average Bonchev–Trinajstić information content (AvgIpc) is 3.01. The van der Waals surface area contributed by atoms with E-state index >= 15 is 0 Å². The third-order valence-electron chi connectivity index (χ3n) is 4.70. The van der Waals surface area contributed by atoms with Crippen molar-refractivity contribution >= 4 is 29.9 Å². The van der Waals surface area contributed by atoms with E-state index in [9.17, 15) is 0 Å². The van der Waals surface area contributed by atoms with Gasteiger partial charge >= 0.3 is 0 Å². The van der Waals surface area contributed by atoms with Crippen LogP contribution < -0.4 is 5.32 Å². The Bertz CT molecular complexity index is 758. The molecule has 1 atom stereocenters. The molecule has 1 aliphatic rings. The molecule has 0 amide bonds. The van der Waals surface area contributed by atoms with Gasteiger partial charge in [-0.3, -0.25) is 9.67 Å². The summed E-state index contributed by atoms with van der Waals surface area (Å²) >= 11 is 0. The molecule has 1 N–H and O–H groups in total. The molecule has 1 aliphatic heterocycles. The molecule has 1 unspecified atom stereocenters. The SMILES string of the molecule is CN=C(NCc1ccnn1C)N1CCOC(c2ccc(C)cc2C)C1.I. The van der Waals surface area contributed by atoms with Gasteiger partial charge in [0.1, 0.15) is 6.10 Å². The molecular weight excluding hydrogens is 441 g/mol. The molecule has 1 aromatic heterocycles. The van der Waals surface area contributed by atoms with Gasteiger partial charge in [0.05, 0.1) is 25.4 Å². The summed E-state index contributed by atoms with van der Waals surface area (Å²) in [5.41, 5.74) is 4.95. The first kappa shape index (κ1) is 20.7. The Hall–Kier alpha value is -1.61. The largest absolute Gasteiger partial charge is 0.370 e. The number of rotatable bonds is 3. The maximum absolute atomic E-state index is 6.04. The maximum atomic E-state index is 6.04. The van der Waals surface area contributed by atoms with E-state index in [0.29, 0.717) is 13.2 Å². The lowest BCUT2D eigenvalue weighted by atomic mass is 10.00. The van der Waals surface area contributed by atoms with E-state index in [2.05, 4.69) is 52.4 Å². The third-order valence-corrected chi connectivity index (χ3v) is 4.70. The molecule has 6 nitrogen and oxygen atoms in total. The third kappa shape index (κ3) is 4.76. The summed E-state index contributed by atoms with van der Waals surface area (Å²) in [7, 11) is 3.78. The molecular formula is C19H28IN5O. The highest BCUT2D eigenvalue weighted by atomic mass is 127. The van der Waals surface area contributed by atoms with Crippen LogP contribution in [-0.4, -0.2) is 47.4 Å². The van der Waals surface area contributed by atoms with Crippen LogP contribution in [0.5, 0.6) is 0 Å². The van der Waals surface area contributed by atoms with Gasteiger partial charge in [-0.1, -0.05) is 23.8 Å². The van der Waals surface area contributed by atoms with Gasteiger partial charge in [-0.2, -0.15) is 5.10 Å². The summed E-state index contributed by atoms with van der Waals surface area (Å²) in [5, 5.41) is 7.64. The smallest absolute Gasteiger partial charge is 0.194 e. The predicted molar refractivity (Wildman–Crippen MR) is 115 cm³/mol. The molecule has 0 bridgehead atoms. The van der Waals surface area contributed by atoms with Gasteiger partial charge in [0.2, 0.25) is 0 Å². The summed E-state index contributed by atoms with van der Waals surface area (Å²) in [4.78, 5) is 6.72. The summed E-state index contributed by atoms with van der Waals surface area (Å²) in [6.07, 6.45) is 1.88. The number of halogens is 1. The monoisotopic (exact) mass is 469 g/mol. The van der Waals surface area contributed by atoms with Crippen molar-refractivity contribution in [1.82, 2.24) is 20.0 Å². The van der Waals surface area contributed by atoms with Crippen LogP contribution >= 0.6 is 24.0 Å². The molecule has 7 heteroatoms. The number of ether oxygens (including phenoxy) is 1. The Morgan fingerprint density at radius 1 is 1.35 bits per heavy atom. The second kappa shape index (κ2) is 9.36. The summed E-state index contributed by atoms with van der Waals surface area (Å²) in [6, 6.07) is 8.57. The minimum Gasteiger partial charge on any atom is -0.370 e.